The number of ether oxygens (including phenoxy) is 1. The smallest absolute Gasteiger partial charge is 0.181 e. The normalized spacial score (nSPS) is 17.1. The molecule has 0 spiro atoms. The zero-order chi connectivity index (χ0) is 11.2. The van der Waals surface area contributed by atoms with E-state index in [0.29, 0.717) is 5.92 Å². The summed E-state index contributed by atoms with van der Waals surface area (Å²) in [6.45, 7) is 2.37. The quantitative estimate of drug-likeness (QED) is 0.751. The minimum absolute atomic E-state index is 0.599. The number of hydrogen-bond donors (Lipinski definition) is 1. The maximum atomic E-state index is 5.52. The monoisotopic (exact) mass is 224 g/mol. The highest BCUT2D eigenvalue weighted by molar-refractivity contribution is 5.13. The molecule has 1 aliphatic rings. The van der Waals surface area contributed by atoms with Crippen molar-refractivity contribution in [1.82, 2.24) is 10.3 Å². The highest BCUT2D eigenvalue weighted by atomic mass is 16.5. The molecule has 0 radical (unpaired) electrons. The van der Waals surface area contributed by atoms with Crippen LogP contribution in [0.4, 0.5) is 0 Å². The van der Waals surface area contributed by atoms with E-state index in [1.807, 2.05) is 0 Å². The van der Waals surface area contributed by atoms with Gasteiger partial charge in [-0.05, 0) is 12.8 Å². The molecule has 0 bridgehead atoms. The lowest BCUT2D eigenvalue weighted by atomic mass is 10.0. The zero-order valence-corrected chi connectivity index (χ0v) is 9.87. The summed E-state index contributed by atoms with van der Waals surface area (Å²) in [6.07, 6.45) is 6.71. The molecule has 1 aromatic rings. The van der Waals surface area contributed by atoms with E-state index in [9.17, 15) is 0 Å². The lowest BCUT2D eigenvalue weighted by Gasteiger charge is -2.08. The van der Waals surface area contributed by atoms with E-state index < -0.39 is 0 Å². The number of oxazole rings is 1. The average molecular weight is 224 g/mol. The molecular weight excluding hydrogens is 204 g/mol. The van der Waals surface area contributed by atoms with Crippen molar-refractivity contribution in [1.29, 1.82) is 0 Å². The second kappa shape index (κ2) is 6.01. The van der Waals surface area contributed by atoms with Gasteiger partial charge >= 0.3 is 0 Å². The van der Waals surface area contributed by atoms with Crippen molar-refractivity contribution in [3.05, 3.63) is 17.8 Å². The third-order valence-corrected chi connectivity index (χ3v) is 3.17. The standard InChI is InChI=1S/C12H20N2O2/c1-15-7-6-13-8-11-12(16-9-14-11)10-4-2-3-5-10/h9-10,13H,2-8H2,1H3. The molecule has 90 valence electrons. The van der Waals surface area contributed by atoms with E-state index in [2.05, 4.69) is 10.3 Å². The van der Waals surface area contributed by atoms with Gasteiger partial charge in [-0.25, -0.2) is 4.98 Å². The summed E-state index contributed by atoms with van der Waals surface area (Å²) >= 11 is 0. The third kappa shape index (κ3) is 2.83. The van der Waals surface area contributed by atoms with Gasteiger partial charge in [0.05, 0.1) is 12.3 Å². The summed E-state index contributed by atoms with van der Waals surface area (Å²) in [4.78, 5) is 4.29. The van der Waals surface area contributed by atoms with Gasteiger partial charge in [-0.3, -0.25) is 0 Å². The van der Waals surface area contributed by atoms with Crippen molar-refractivity contribution in [2.45, 2.75) is 38.1 Å². The van der Waals surface area contributed by atoms with Crippen molar-refractivity contribution in [3.8, 4) is 0 Å². The molecule has 1 aromatic heterocycles. The molecule has 0 unspecified atom stereocenters. The van der Waals surface area contributed by atoms with E-state index in [1.54, 1.807) is 13.5 Å². The Bertz CT molecular complexity index is 306. The highest BCUT2D eigenvalue weighted by Gasteiger charge is 2.23. The lowest BCUT2D eigenvalue weighted by molar-refractivity contribution is 0.199. The summed E-state index contributed by atoms with van der Waals surface area (Å²) in [7, 11) is 1.71. The van der Waals surface area contributed by atoms with Crippen molar-refractivity contribution in [2.75, 3.05) is 20.3 Å². The van der Waals surface area contributed by atoms with Crippen LogP contribution in [0, 0.1) is 0 Å². The van der Waals surface area contributed by atoms with E-state index in [4.69, 9.17) is 9.15 Å². The average Bonchev–Trinajstić information content (AvgIpc) is 2.94. The number of nitrogens with one attached hydrogen (secondary N) is 1. The molecule has 1 heterocycles. The van der Waals surface area contributed by atoms with E-state index in [1.165, 1.54) is 25.7 Å². The summed E-state index contributed by atoms with van der Waals surface area (Å²) in [6, 6.07) is 0. The molecule has 1 N–H and O–H groups in total. The van der Waals surface area contributed by atoms with Gasteiger partial charge in [-0.2, -0.15) is 0 Å². The molecular formula is C12H20N2O2. The van der Waals surface area contributed by atoms with Crippen LogP contribution in [0.3, 0.4) is 0 Å². The van der Waals surface area contributed by atoms with Crippen LogP contribution in [0.15, 0.2) is 10.8 Å². The largest absolute Gasteiger partial charge is 0.448 e. The SMILES string of the molecule is COCCNCc1ncoc1C1CCCC1. The molecule has 1 fully saturated rings. The first-order valence-corrected chi connectivity index (χ1v) is 6.03. The Morgan fingerprint density at radius 3 is 3.06 bits per heavy atom. The first kappa shape index (κ1) is 11.6. The summed E-state index contributed by atoms with van der Waals surface area (Å²) in [5.74, 6) is 1.70. The first-order chi connectivity index (χ1) is 7.92. The zero-order valence-electron chi connectivity index (χ0n) is 9.87. The Kier molecular flexibility index (Phi) is 4.36. The second-order valence-electron chi connectivity index (χ2n) is 4.31. The lowest BCUT2D eigenvalue weighted by Crippen LogP contribution is -2.19. The van der Waals surface area contributed by atoms with Gasteiger partial charge in [0.1, 0.15) is 5.76 Å². The highest BCUT2D eigenvalue weighted by Crippen LogP contribution is 2.35. The Labute approximate surface area is 96.4 Å². The number of rotatable bonds is 6. The maximum Gasteiger partial charge on any atom is 0.181 e. The van der Waals surface area contributed by atoms with Crippen LogP contribution in [-0.4, -0.2) is 25.2 Å². The predicted octanol–water partition coefficient (Wildman–Crippen LogP) is 2.07. The molecule has 0 atom stereocenters. The van der Waals surface area contributed by atoms with Gasteiger partial charge in [0.25, 0.3) is 0 Å². The number of aromatic nitrogens is 1. The van der Waals surface area contributed by atoms with E-state index >= 15 is 0 Å². The van der Waals surface area contributed by atoms with Crippen LogP contribution < -0.4 is 5.32 Å². The molecule has 0 amide bonds. The van der Waals surface area contributed by atoms with Gasteiger partial charge in [0.15, 0.2) is 6.39 Å². The number of methoxy groups -OCH3 is 1. The fraction of sp³-hybridized carbons (Fsp3) is 0.750. The Hall–Kier alpha value is -0.870. The van der Waals surface area contributed by atoms with Crippen LogP contribution >= 0.6 is 0 Å². The van der Waals surface area contributed by atoms with Gasteiger partial charge in [0, 0.05) is 26.1 Å². The van der Waals surface area contributed by atoms with Gasteiger partial charge in [0.2, 0.25) is 0 Å². The van der Waals surface area contributed by atoms with Gasteiger partial charge in [-0.15, -0.1) is 0 Å². The van der Waals surface area contributed by atoms with Crippen molar-refractivity contribution in [2.24, 2.45) is 0 Å². The van der Waals surface area contributed by atoms with E-state index in [0.717, 1.165) is 31.2 Å². The molecule has 0 aromatic carbocycles. The molecule has 1 saturated carbocycles. The molecule has 4 nitrogen and oxygen atoms in total. The molecule has 2 rings (SSSR count). The predicted molar refractivity (Wildman–Crippen MR) is 61.3 cm³/mol. The first-order valence-electron chi connectivity index (χ1n) is 6.03. The van der Waals surface area contributed by atoms with Crippen LogP contribution in [-0.2, 0) is 11.3 Å². The van der Waals surface area contributed by atoms with Crippen molar-refractivity contribution < 1.29 is 9.15 Å². The number of hydrogen-bond acceptors (Lipinski definition) is 4. The minimum Gasteiger partial charge on any atom is -0.448 e. The van der Waals surface area contributed by atoms with Crippen LogP contribution in [0.5, 0.6) is 0 Å². The van der Waals surface area contributed by atoms with E-state index in [-0.39, 0.29) is 0 Å². The van der Waals surface area contributed by atoms with Crippen molar-refractivity contribution in [3.63, 3.8) is 0 Å². The topological polar surface area (TPSA) is 47.3 Å². The Morgan fingerprint density at radius 1 is 1.50 bits per heavy atom. The fourth-order valence-electron chi connectivity index (χ4n) is 2.31. The van der Waals surface area contributed by atoms with Gasteiger partial charge < -0.3 is 14.5 Å². The Morgan fingerprint density at radius 2 is 2.31 bits per heavy atom. The Balaban J connectivity index is 1.86. The molecule has 1 aliphatic carbocycles. The van der Waals surface area contributed by atoms with Crippen LogP contribution in [0.2, 0.25) is 0 Å². The van der Waals surface area contributed by atoms with Gasteiger partial charge in [-0.1, -0.05) is 12.8 Å². The van der Waals surface area contributed by atoms with Crippen LogP contribution in [0.1, 0.15) is 43.1 Å². The maximum absolute atomic E-state index is 5.52. The van der Waals surface area contributed by atoms with Crippen molar-refractivity contribution >= 4 is 0 Å². The third-order valence-electron chi connectivity index (χ3n) is 3.17. The molecule has 0 saturated heterocycles. The minimum atomic E-state index is 0.599. The molecule has 4 heteroatoms. The fourth-order valence-corrected chi connectivity index (χ4v) is 2.31. The second-order valence-corrected chi connectivity index (χ2v) is 4.31. The summed E-state index contributed by atoms with van der Waals surface area (Å²) in [5, 5.41) is 3.31. The van der Waals surface area contributed by atoms with Crippen LogP contribution in [0.25, 0.3) is 0 Å². The summed E-state index contributed by atoms with van der Waals surface area (Å²) in [5.41, 5.74) is 1.07. The molecule has 0 aliphatic heterocycles. The summed E-state index contributed by atoms with van der Waals surface area (Å²) < 4.78 is 10.5. The molecule has 16 heavy (non-hydrogen) atoms. The number of nitrogens with zero attached hydrogens (tertiary/aromatic N) is 1.